The Hall–Kier alpha value is -4.09. The van der Waals surface area contributed by atoms with Crippen LogP contribution in [0.3, 0.4) is 0 Å². The Balaban J connectivity index is 1.75. The molecule has 0 bridgehead atoms. The van der Waals surface area contributed by atoms with E-state index in [1.165, 1.54) is 6.33 Å². The third kappa shape index (κ3) is 3.95. The number of nitrogen functional groups attached to an aromatic ring is 1. The van der Waals surface area contributed by atoms with Crippen molar-refractivity contribution in [2.75, 3.05) is 24.7 Å². The zero-order chi connectivity index (χ0) is 23.7. The zero-order valence-electron chi connectivity index (χ0n) is 19.1. The van der Waals surface area contributed by atoms with Crippen LogP contribution >= 0.6 is 0 Å². The number of nitriles is 1. The molecule has 2 aromatic heterocycles. The fraction of sp³-hybridized carbons (Fsp3) is 0.240. The normalized spacial score (nSPS) is 11.1. The molecule has 33 heavy (non-hydrogen) atoms. The van der Waals surface area contributed by atoms with Gasteiger partial charge in [-0.05, 0) is 37.6 Å². The zero-order valence-corrected chi connectivity index (χ0v) is 19.1. The molecule has 8 nitrogen and oxygen atoms in total. The summed E-state index contributed by atoms with van der Waals surface area (Å²) in [5.41, 5.74) is 10.5. The summed E-state index contributed by atoms with van der Waals surface area (Å²) < 4.78 is 8.17. The summed E-state index contributed by atoms with van der Waals surface area (Å²) in [7, 11) is 3.72. The summed E-state index contributed by atoms with van der Waals surface area (Å²) in [6.07, 6.45) is 3.51. The second-order valence-electron chi connectivity index (χ2n) is 8.24. The van der Waals surface area contributed by atoms with Gasteiger partial charge in [-0.25, -0.2) is 9.97 Å². The highest BCUT2D eigenvalue weighted by Gasteiger charge is 2.18. The average Bonchev–Trinajstić information content (AvgIpc) is 3.20. The molecule has 0 saturated carbocycles. The fourth-order valence-corrected chi connectivity index (χ4v) is 3.88. The number of rotatable bonds is 6. The van der Waals surface area contributed by atoms with Crippen LogP contribution in [-0.4, -0.2) is 33.7 Å². The molecule has 2 aromatic carbocycles. The number of benzene rings is 2. The Morgan fingerprint density at radius 2 is 1.88 bits per heavy atom. The van der Waals surface area contributed by atoms with E-state index in [-0.39, 0.29) is 12.6 Å². The number of ether oxygens (including phenoxy) is 1. The second-order valence-corrected chi connectivity index (χ2v) is 8.24. The van der Waals surface area contributed by atoms with Gasteiger partial charge in [0.05, 0.1) is 17.7 Å². The maximum absolute atomic E-state index is 9.78. The monoisotopic (exact) mass is 442 g/mol. The average molecular weight is 443 g/mol. The Labute approximate surface area is 192 Å². The number of aliphatic hydroxyl groups excluding tert-OH is 1. The van der Waals surface area contributed by atoms with Crippen LogP contribution in [0.5, 0.6) is 11.5 Å². The Morgan fingerprint density at radius 3 is 2.48 bits per heavy atom. The molecule has 3 N–H and O–H groups in total. The van der Waals surface area contributed by atoms with E-state index in [1.807, 2.05) is 49.5 Å². The van der Waals surface area contributed by atoms with Crippen LogP contribution in [0.1, 0.15) is 31.0 Å². The molecular formula is C25H26N6O2. The molecule has 0 spiro atoms. The summed E-state index contributed by atoms with van der Waals surface area (Å²) >= 11 is 0. The maximum Gasteiger partial charge on any atom is 0.152 e. The van der Waals surface area contributed by atoms with Crippen LogP contribution < -0.4 is 15.4 Å². The van der Waals surface area contributed by atoms with Crippen LogP contribution in [-0.2, 0) is 6.61 Å². The van der Waals surface area contributed by atoms with E-state index in [0.717, 1.165) is 27.8 Å². The molecule has 0 aliphatic heterocycles. The van der Waals surface area contributed by atoms with Gasteiger partial charge in [0.2, 0.25) is 0 Å². The lowest BCUT2D eigenvalue weighted by atomic mass is 10.1. The molecule has 4 aromatic rings. The van der Waals surface area contributed by atoms with Crippen LogP contribution in [0.4, 0.5) is 11.5 Å². The molecule has 0 unspecified atom stereocenters. The predicted octanol–water partition coefficient (Wildman–Crippen LogP) is 4.48. The maximum atomic E-state index is 9.78. The van der Waals surface area contributed by atoms with Crippen LogP contribution in [0, 0.1) is 11.3 Å². The van der Waals surface area contributed by atoms with Crippen LogP contribution in [0.15, 0.2) is 48.9 Å². The van der Waals surface area contributed by atoms with E-state index in [2.05, 4.69) is 34.5 Å². The summed E-state index contributed by atoms with van der Waals surface area (Å²) in [4.78, 5) is 10.4. The molecular weight excluding hydrogens is 416 g/mol. The lowest BCUT2D eigenvalue weighted by molar-refractivity contribution is 0.276. The topological polar surface area (TPSA) is 113 Å². The van der Waals surface area contributed by atoms with E-state index >= 15 is 0 Å². The van der Waals surface area contributed by atoms with E-state index in [0.29, 0.717) is 28.4 Å². The van der Waals surface area contributed by atoms with Gasteiger partial charge in [-0.2, -0.15) is 5.26 Å². The molecule has 0 atom stereocenters. The van der Waals surface area contributed by atoms with E-state index in [4.69, 9.17) is 10.5 Å². The Kier molecular flexibility index (Phi) is 5.90. The van der Waals surface area contributed by atoms with Crippen LogP contribution in [0.2, 0.25) is 0 Å². The molecule has 0 fully saturated rings. The number of fused-ring (bicyclic) bond motifs is 1. The van der Waals surface area contributed by atoms with Crippen molar-refractivity contribution in [2.24, 2.45) is 0 Å². The predicted molar refractivity (Wildman–Crippen MR) is 129 cm³/mol. The summed E-state index contributed by atoms with van der Waals surface area (Å²) in [5.74, 6) is 1.34. The van der Waals surface area contributed by atoms with E-state index in [1.54, 1.807) is 12.1 Å². The van der Waals surface area contributed by atoms with Gasteiger partial charge in [-0.15, -0.1) is 0 Å². The fourth-order valence-electron chi connectivity index (χ4n) is 3.88. The molecule has 2 heterocycles. The highest BCUT2D eigenvalue weighted by atomic mass is 16.5. The highest BCUT2D eigenvalue weighted by Crippen LogP contribution is 2.38. The Morgan fingerprint density at radius 1 is 1.15 bits per heavy atom. The van der Waals surface area contributed by atoms with E-state index < -0.39 is 0 Å². The number of aliphatic hydroxyl groups is 1. The summed E-state index contributed by atoms with van der Waals surface area (Å²) in [5, 5.41) is 20.3. The van der Waals surface area contributed by atoms with Crippen molar-refractivity contribution in [3.05, 3.63) is 60.0 Å². The second kappa shape index (κ2) is 8.81. The van der Waals surface area contributed by atoms with Crippen molar-refractivity contribution in [3.8, 4) is 28.7 Å². The first kappa shape index (κ1) is 22.1. The lowest BCUT2D eigenvalue weighted by Gasteiger charge is -2.19. The van der Waals surface area contributed by atoms with Crippen molar-refractivity contribution < 1.29 is 9.84 Å². The highest BCUT2D eigenvalue weighted by molar-refractivity contribution is 6.00. The SMILES string of the molecule is CC(C)n1cc(-c2ccc(Oc3c(CO)ccc(N(C)C)c3C#N)cc2)c2c(N)ncnc21. The third-order valence-electron chi connectivity index (χ3n) is 5.56. The van der Waals surface area contributed by atoms with Gasteiger partial charge >= 0.3 is 0 Å². The third-order valence-corrected chi connectivity index (χ3v) is 5.56. The minimum atomic E-state index is -0.232. The van der Waals surface area contributed by atoms with Gasteiger partial charge in [-0.3, -0.25) is 0 Å². The molecule has 4 rings (SSSR count). The molecule has 0 saturated heterocycles. The number of nitrogens with two attached hydrogens (primary N) is 1. The minimum Gasteiger partial charge on any atom is -0.456 e. The molecule has 8 heteroatoms. The van der Waals surface area contributed by atoms with Crippen molar-refractivity contribution in [2.45, 2.75) is 26.5 Å². The number of anilines is 2. The first-order chi connectivity index (χ1) is 15.8. The van der Waals surface area contributed by atoms with Crippen molar-refractivity contribution in [3.63, 3.8) is 0 Å². The van der Waals surface area contributed by atoms with Crippen molar-refractivity contribution in [1.29, 1.82) is 5.26 Å². The van der Waals surface area contributed by atoms with Crippen LogP contribution in [0.25, 0.3) is 22.2 Å². The smallest absolute Gasteiger partial charge is 0.152 e. The minimum absolute atomic E-state index is 0.212. The summed E-state index contributed by atoms with van der Waals surface area (Å²) in [6.45, 7) is 3.95. The van der Waals surface area contributed by atoms with Gasteiger partial charge in [0, 0.05) is 37.5 Å². The van der Waals surface area contributed by atoms with Gasteiger partial charge in [0.25, 0.3) is 0 Å². The lowest BCUT2D eigenvalue weighted by Crippen LogP contribution is -2.11. The molecule has 0 aliphatic rings. The standard InChI is InChI=1S/C25H26N6O2/c1-15(2)31-12-20(22-24(27)28-14-29-25(22)31)16-5-8-18(9-6-16)33-23-17(13-32)7-10-21(30(3)4)19(23)11-26/h5-10,12,14-15,32H,13H2,1-4H3,(H2,27,28,29). The van der Waals surface area contributed by atoms with Gasteiger partial charge in [0.1, 0.15) is 35.2 Å². The number of nitrogens with zero attached hydrogens (tertiary/aromatic N) is 5. The largest absolute Gasteiger partial charge is 0.456 e. The molecule has 0 aliphatic carbocycles. The van der Waals surface area contributed by atoms with Crippen molar-refractivity contribution >= 4 is 22.5 Å². The first-order valence-corrected chi connectivity index (χ1v) is 10.6. The number of hydrogen-bond donors (Lipinski definition) is 2. The summed E-state index contributed by atoms with van der Waals surface area (Å²) in [6, 6.07) is 13.5. The number of hydrogen-bond acceptors (Lipinski definition) is 7. The molecule has 0 amide bonds. The molecule has 168 valence electrons. The van der Waals surface area contributed by atoms with E-state index in [9.17, 15) is 10.4 Å². The number of aromatic nitrogens is 3. The van der Waals surface area contributed by atoms with Gasteiger partial charge < -0.3 is 25.0 Å². The molecule has 0 radical (unpaired) electrons. The van der Waals surface area contributed by atoms with Gasteiger partial charge in [-0.1, -0.05) is 18.2 Å². The van der Waals surface area contributed by atoms with Crippen molar-refractivity contribution in [1.82, 2.24) is 14.5 Å². The first-order valence-electron chi connectivity index (χ1n) is 10.6. The Bertz CT molecular complexity index is 1350. The van der Waals surface area contributed by atoms with Gasteiger partial charge in [0.15, 0.2) is 5.75 Å². The quantitative estimate of drug-likeness (QED) is 0.452.